The van der Waals surface area contributed by atoms with Crippen molar-refractivity contribution in [3.05, 3.63) is 82.7 Å². The summed E-state index contributed by atoms with van der Waals surface area (Å²) in [7, 11) is 0. The lowest BCUT2D eigenvalue weighted by molar-refractivity contribution is 0.0592. The topological polar surface area (TPSA) is 101 Å². The molecule has 0 radical (unpaired) electrons. The molecule has 1 atom stereocenters. The third kappa shape index (κ3) is 5.19. The number of aromatic nitrogens is 4. The molecular weight excluding hydrogens is 423 g/mol. The van der Waals surface area contributed by atoms with Crippen LogP contribution in [0.5, 0.6) is 0 Å². The maximum atomic E-state index is 13.1. The SMILES string of the molecule is Cc1cnc(C(=O)N2CCCCC2c2ncc(C(=O)NCc3ccc(F)cc3)c(C)n2)cn1. The number of rotatable bonds is 5. The minimum absolute atomic E-state index is 0.199. The number of carbonyl (C=O) groups excluding carboxylic acids is 2. The molecule has 0 spiro atoms. The number of amides is 2. The molecule has 0 bridgehead atoms. The van der Waals surface area contributed by atoms with Crippen molar-refractivity contribution >= 4 is 11.8 Å². The van der Waals surface area contributed by atoms with Crippen LogP contribution >= 0.6 is 0 Å². The lowest BCUT2D eigenvalue weighted by Crippen LogP contribution is -2.40. The second kappa shape index (κ2) is 9.81. The molecule has 1 aliphatic heterocycles. The van der Waals surface area contributed by atoms with E-state index >= 15 is 0 Å². The molecule has 1 aliphatic rings. The minimum atomic E-state index is -0.324. The van der Waals surface area contributed by atoms with E-state index in [0.29, 0.717) is 29.3 Å². The summed E-state index contributed by atoms with van der Waals surface area (Å²) < 4.78 is 13.0. The average Bonchev–Trinajstić information content (AvgIpc) is 2.83. The molecule has 170 valence electrons. The third-order valence-electron chi connectivity index (χ3n) is 5.67. The van der Waals surface area contributed by atoms with E-state index in [-0.39, 0.29) is 30.2 Å². The zero-order valence-electron chi connectivity index (χ0n) is 18.6. The number of carbonyl (C=O) groups is 2. The molecule has 1 unspecified atom stereocenters. The van der Waals surface area contributed by atoms with Crippen LogP contribution in [0.2, 0.25) is 0 Å². The molecule has 1 N–H and O–H groups in total. The highest BCUT2D eigenvalue weighted by molar-refractivity contribution is 5.95. The fraction of sp³-hybridized carbons (Fsp3) is 0.333. The molecule has 0 saturated carbocycles. The Morgan fingerprint density at radius 1 is 1.06 bits per heavy atom. The van der Waals surface area contributed by atoms with Crippen LogP contribution in [0.1, 0.15) is 68.9 Å². The number of hydrogen-bond donors (Lipinski definition) is 1. The first-order chi connectivity index (χ1) is 15.9. The normalized spacial score (nSPS) is 15.8. The number of likely N-dealkylation sites (tertiary alicyclic amines) is 1. The van der Waals surface area contributed by atoms with Crippen molar-refractivity contribution in [2.75, 3.05) is 6.54 Å². The Labute approximate surface area is 191 Å². The average molecular weight is 449 g/mol. The van der Waals surface area contributed by atoms with E-state index in [0.717, 1.165) is 30.5 Å². The standard InChI is InChI=1S/C24H25FN6O2/c1-15-11-27-20(14-26-15)24(33)31-10-4-3-5-21(31)22-28-13-19(16(2)30-22)23(32)29-12-17-6-8-18(25)9-7-17/h6-9,11,13-14,21H,3-5,10,12H2,1-2H3,(H,29,32). The van der Waals surface area contributed by atoms with Crippen molar-refractivity contribution < 1.29 is 14.0 Å². The van der Waals surface area contributed by atoms with E-state index < -0.39 is 0 Å². The van der Waals surface area contributed by atoms with Gasteiger partial charge in [-0.1, -0.05) is 12.1 Å². The minimum Gasteiger partial charge on any atom is -0.348 e. The zero-order valence-corrected chi connectivity index (χ0v) is 18.6. The second-order valence-electron chi connectivity index (χ2n) is 8.09. The number of aryl methyl sites for hydroxylation is 2. The molecule has 2 aromatic heterocycles. The van der Waals surface area contributed by atoms with E-state index in [1.54, 1.807) is 30.2 Å². The summed E-state index contributed by atoms with van der Waals surface area (Å²) in [6.07, 6.45) is 7.15. The fourth-order valence-electron chi connectivity index (χ4n) is 3.84. The van der Waals surface area contributed by atoms with E-state index in [2.05, 4.69) is 25.3 Å². The molecule has 3 aromatic rings. The van der Waals surface area contributed by atoms with Crippen molar-refractivity contribution in [2.45, 2.75) is 45.7 Å². The number of benzene rings is 1. The van der Waals surface area contributed by atoms with Crippen LogP contribution in [0.15, 0.2) is 42.9 Å². The number of halogens is 1. The Morgan fingerprint density at radius 3 is 2.55 bits per heavy atom. The number of piperidine rings is 1. The smallest absolute Gasteiger partial charge is 0.274 e. The quantitative estimate of drug-likeness (QED) is 0.643. The van der Waals surface area contributed by atoms with E-state index in [1.165, 1.54) is 24.5 Å². The highest BCUT2D eigenvalue weighted by Gasteiger charge is 2.32. The number of hydrogen-bond acceptors (Lipinski definition) is 6. The Hall–Kier alpha value is -3.75. The Balaban J connectivity index is 1.49. The Morgan fingerprint density at radius 2 is 1.85 bits per heavy atom. The lowest BCUT2D eigenvalue weighted by atomic mass is 10.0. The van der Waals surface area contributed by atoms with Gasteiger partial charge in [-0.2, -0.15) is 0 Å². The molecule has 8 nitrogen and oxygen atoms in total. The highest BCUT2D eigenvalue weighted by Crippen LogP contribution is 2.30. The van der Waals surface area contributed by atoms with Crippen molar-refractivity contribution in [1.29, 1.82) is 0 Å². The third-order valence-corrected chi connectivity index (χ3v) is 5.67. The maximum absolute atomic E-state index is 13.1. The summed E-state index contributed by atoms with van der Waals surface area (Å²) in [6.45, 7) is 4.42. The summed E-state index contributed by atoms with van der Waals surface area (Å²) in [5.74, 6) is -0.324. The molecule has 3 heterocycles. The van der Waals surface area contributed by atoms with E-state index in [4.69, 9.17) is 0 Å². The van der Waals surface area contributed by atoms with E-state index in [9.17, 15) is 14.0 Å². The van der Waals surface area contributed by atoms with Crippen LogP contribution in [0.25, 0.3) is 0 Å². The predicted molar refractivity (Wildman–Crippen MR) is 119 cm³/mol. The first-order valence-corrected chi connectivity index (χ1v) is 10.9. The van der Waals surface area contributed by atoms with Gasteiger partial charge >= 0.3 is 0 Å². The van der Waals surface area contributed by atoms with Crippen LogP contribution in [-0.4, -0.2) is 43.2 Å². The van der Waals surface area contributed by atoms with Gasteiger partial charge in [-0.05, 0) is 50.8 Å². The van der Waals surface area contributed by atoms with Crippen molar-refractivity contribution in [3.63, 3.8) is 0 Å². The summed E-state index contributed by atoms with van der Waals surface area (Å²) in [4.78, 5) is 44.9. The second-order valence-corrected chi connectivity index (χ2v) is 8.09. The maximum Gasteiger partial charge on any atom is 0.274 e. The van der Waals surface area contributed by atoms with Gasteiger partial charge in [0.1, 0.15) is 11.5 Å². The first-order valence-electron chi connectivity index (χ1n) is 10.9. The molecule has 2 amide bonds. The van der Waals surface area contributed by atoms with Gasteiger partial charge in [-0.25, -0.2) is 19.3 Å². The molecule has 9 heteroatoms. The van der Waals surface area contributed by atoms with Gasteiger partial charge in [0.15, 0.2) is 5.82 Å². The van der Waals surface area contributed by atoms with Crippen LogP contribution < -0.4 is 5.32 Å². The fourth-order valence-corrected chi connectivity index (χ4v) is 3.84. The molecular formula is C24H25FN6O2. The van der Waals surface area contributed by atoms with Gasteiger partial charge in [0.2, 0.25) is 0 Å². The Kier molecular flexibility index (Phi) is 6.67. The van der Waals surface area contributed by atoms with Gasteiger partial charge in [0, 0.05) is 25.5 Å². The van der Waals surface area contributed by atoms with Crippen LogP contribution in [0, 0.1) is 19.7 Å². The number of nitrogens with zero attached hydrogens (tertiary/aromatic N) is 5. The van der Waals surface area contributed by atoms with Gasteiger partial charge in [0.25, 0.3) is 11.8 Å². The van der Waals surface area contributed by atoms with Gasteiger partial charge in [0.05, 0.1) is 29.2 Å². The monoisotopic (exact) mass is 448 g/mol. The molecule has 0 aliphatic carbocycles. The molecule has 33 heavy (non-hydrogen) atoms. The van der Waals surface area contributed by atoms with Gasteiger partial charge in [-0.3, -0.25) is 14.6 Å². The lowest BCUT2D eigenvalue weighted by Gasteiger charge is -2.34. The molecule has 1 fully saturated rings. The van der Waals surface area contributed by atoms with Crippen molar-refractivity contribution in [2.24, 2.45) is 0 Å². The van der Waals surface area contributed by atoms with E-state index in [1.807, 2.05) is 6.92 Å². The van der Waals surface area contributed by atoms with Gasteiger partial charge < -0.3 is 10.2 Å². The largest absolute Gasteiger partial charge is 0.348 e. The Bertz CT molecular complexity index is 1150. The van der Waals surface area contributed by atoms with Gasteiger partial charge in [-0.15, -0.1) is 0 Å². The van der Waals surface area contributed by atoms with Crippen LogP contribution in [0.4, 0.5) is 4.39 Å². The van der Waals surface area contributed by atoms with Crippen LogP contribution in [-0.2, 0) is 6.54 Å². The van der Waals surface area contributed by atoms with Crippen molar-refractivity contribution in [1.82, 2.24) is 30.2 Å². The van der Waals surface area contributed by atoms with Crippen LogP contribution in [0.3, 0.4) is 0 Å². The summed E-state index contributed by atoms with van der Waals surface area (Å²) >= 11 is 0. The van der Waals surface area contributed by atoms with Crippen molar-refractivity contribution in [3.8, 4) is 0 Å². The highest BCUT2D eigenvalue weighted by atomic mass is 19.1. The first kappa shape index (κ1) is 22.4. The zero-order chi connectivity index (χ0) is 23.4. The summed E-state index contributed by atoms with van der Waals surface area (Å²) in [6, 6.07) is 5.66. The molecule has 4 rings (SSSR count). The molecule has 1 saturated heterocycles. The summed E-state index contributed by atoms with van der Waals surface area (Å²) in [5.41, 5.74) is 2.72. The number of nitrogens with one attached hydrogen (secondary N) is 1. The molecule has 1 aromatic carbocycles. The predicted octanol–water partition coefficient (Wildman–Crippen LogP) is 3.32. The summed E-state index contributed by atoms with van der Waals surface area (Å²) in [5, 5.41) is 2.81.